The molecule has 0 atom stereocenters. The van der Waals surface area contributed by atoms with Crippen LogP contribution in [0.4, 0.5) is 5.69 Å². The Bertz CT molecular complexity index is 438. The molecule has 0 saturated heterocycles. The summed E-state index contributed by atoms with van der Waals surface area (Å²) in [5.41, 5.74) is 0.596. The van der Waals surface area contributed by atoms with Gasteiger partial charge in [0.05, 0.1) is 12.0 Å². The minimum Gasteiger partial charge on any atom is -0.469 e. The summed E-state index contributed by atoms with van der Waals surface area (Å²) < 4.78 is 4.36. The van der Waals surface area contributed by atoms with Crippen molar-refractivity contribution in [3.63, 3.8) is 0 Å². The first-order valence-electron chi connectivity index (χ1n) is 4.84. The van der Waals surface area contributed by atoms with Gasteiger partial charge in [-0.05, 0) is 5.56 Å². The van der Waals surface area contributed by atoms with E-state index in [1.807, 2.05) is 0 Å². The van der Waals surface area contributed by atoms with E-state index in [9.17, 15) is 19.7 Å². The number of ketones is 1. The third-order valence-electron chi connectivity index (χ3n) is 2.12. The summed E-state index contributed by atoms with van der Waals surface area (Å²) in [6.07, 6.45) is -0.222. The van der Waals surface area contributed by atoms with Crippen molar-refractivity contribution in [2.24, 2.45) is 0 Å². The summed E-state index contributed by atoms with van der Waals surface area (Å²) >= 11 is 0. The fourth-order valence-electron chi connectivity index (χ4n) is 1.26. The predicted molar refractivity (Wildman–Crippen MR) is 58.4 cm³/mol. The Hall–Kier alpha value is -2.24. The van der Waals surface area contributed by atoms with E-state index >= 15 is 0 Å². The second-order valence-electron chi connectivity index (χ2n) is 3.39. The molecular formula is C11H11NO5. The Morgan fingerprint density at radius 1 is 1.29 bits per heavy atom. The zero-order valence-electron chi connectivity index (χ0n) is 9.21. The van der Waals surface area contributed by atoms with Gasteiger partial charge in [0, 0.05) is 18.6 Å². The molecular weight excluding hydrogens is 226 g/mol. The molecule has 1 aromatic carbocycles. The number of benzene rings is 1. The molecule has 1 aromatic rings. The van der Waals surface area contributed by atoms with Gasteiger partial charge in [-0.2, -0.15) is 0 Å². The van der Waals surface area contributed by atoms with E-state index in [0.29, 0.717) is 5.56 Å². The lowest BCUT2D eigenvalue weighted by Gasteiger charge is -2.00. The van der Waals surface area contributed by atoms with Gasteiger partial charge in [0.25, 0.3) is 5.69 Å². The molecule has 0 fully saturated rings. The van der Waals surface area contributed by atoms with Gasteiger partial charge in [-0.1, -0.05) is 12.1 Å². The summed E-state index contributed by atoms with van der Waals surface area (Å²) in [5, 5.41) is 10.4. The molecule has 0 bridgehead atoms. The van der Waals surface area contributed by atoms with E-state index in [1.54, 1.807) is 0 Å². The molecule has 0 aliphatic carbocycles. The number of Topliss-reactive ketones (excluding diaryl/α,β-unsaturated/α-hetero) is 1. The van der Waals surface area contributed by atoms with Crippen molar-refractivity contribution in [2.45, 2.75) is 12.8 Å². The molecule has 0 saturated carbocycles. The average molecular weight is 237 g/mol. The van der Waals surface area contributed by atoms with Crippen LogP contribution in [0.5, 0.6) is 0 Å². The number of hydrogen-bond donors (Lipinski definition) is 0. The Morgan fingerprint density at radius 2 is 1.88 bits per heavy atom. The number of esters is 1. The number of nitrogens with zero attached hydrogens (tertiary/aromatic N) is 1. The quantitative estimate of drug-likeness (QED) is 0.333. The minimum absolute atomic E-state index is 0.0332. The number of ether oxygens (including phenoxy) is 1. The van der Waals surface area contributed by atoms with E-state index in [2.05, 4.69) is 4.74 Å². The van der Waals surface area contributed by atoms with Gasteiger partial charge in [0.15, 0.2) is 0 Å². The van der Waals surface area contributed by atoms with Gasteiger partial charge < -0.3 is 4.74 Å². The molecule has 6 nitrogen and oxygen atoms in total. The summed E-state index contributed by atoms with van der Waals surface area (Å²) in [6.45, 7) is 0. The molecule has 90 valence electrons. The molecule has 17 heavy (non-hydrogen) atoms. The van der Waals surface area contributed by atoms with Crippen LogP contribution in [0.1, 0.15) is 12.0 Å². The minimum atomic E-state index is -0.586. The number of hydrogen-bond acceptors (Lipinski definition) is 5. The van der Waals surface area contributed by atoms with Crippen molar-refractivity contribution in [2.75, 3.05) is 7.11 Å². The molecule has 0 aliphatic heterocycles. The third kappa shape index (κ3) is 4.02. The van der Waals surface area contributed by atoms with Crippen LogP contribution in [0.25, 0.3) is 0 Å². The van der Waals surface area contributed by atoms with Crippen molar-refractivity contribution < 1.29 is 19.2 Å². The molecule has 0 spiro atoms. The fourth-order valence-corrected chi connectivity index (χ4v) is 1.26. The van der Waals surface area contributed by atoms with Crippen LogP contribution < -0.4 is 0 Å². The molecule has 0 radical (unpaired) electrons. The van der Waals surface area contributed by atoms with Crippen molar-refractivity contribution in [3.8, 4) is 0 Å². The zero-order chi connectivity index (χ0) is 12.8. The number of carbonyl (C=O) groups is 2. The molecule has 0 aliphatic rings. The Balaban J connectivity index is 2.60. The van der Waals surface area contributed by atoms with Crippen LogP contribution in [0, 0.1) is 10.1 Å². The molecule has 0 unspecified atom stereocenters. The lowest BCUT2D eigenvalue weighted by atomic mass is 10.1. The highest BCUT2D eigenvalue weighted by atomic mass is 16.6. The molecule has 0 aromatic heterocycles. The summed E-state index contributed by atoms with van der Waals surface area (Å²) in [6, 6.07) is 5.63. The van der Waals surface area contributed by atoms with E-state index in [4.69, 9.17) is 0 Å². The smallest absolute Gasteiger partial charge is 0.313 e. The van der Waals surface area contributed by atoms with Crippen molar-refractivity contribution in [3.05, 3.63) is 39.9 Å². The number of rotatable bonds is 5. The Morgan fingerprint density at radius 3 is 2.35 bits per heavy atom. The lowest BCUT2D eigenvalue weighted by Crippen LogP contribution is -2.11. The first-order chi connectivity index (χ1) is 8.02. The number of methoxy groups -OCH3 is 1. The zero-order valence-corrected chi connectivity index (χ0v) is 9.21. The van der Waals surface area contributed by atoms with Gasteiger partial charge in [-0.15, -0.1) is 0 Å². The van der Waals surface area contributed by atoms with Crippen molar-refractivity contribution in [1.82, 2.24) is 0 Å². The second kappa shape index (κ2) is 5.74. The molecule has 0 N–H and O–H groups in total. The SMILES string of the molecule is COC(=O)CC(=O)Cc1ccc([N+](=O)[O-])cc1. The number of carbonyl (C=O) groups excluding carboxylic acids is 2. The van der Waals surface area contributed by atoms with Gasteiger partial charge in [0.1, 0.15) is 12.2 Å². The highest BCUT2D eigenvalue weighted by Crippen LogP contribution is 2.12. The molecule has 0 heterocycles. The van der Waals surface area contributed by atoms with Gasteiger partial charge in [-0.25, -0.2) is 0 Å². The molecule has 6 heteroatoms. The largest absolute Gasteiger partial charge is 0.469 e. The van der Waals surface area contributed by atoms with Crippen molar-refractivity contribution in [1.29, 1.82) is 0 Å². The van der Waals surface area contributed by atoms with Crippen LogP contribution in [0.15, 0.2) is 24.3 Å². The van der Waals surface area contributed by atoms with Gasteiger partial charge in [0.2, 0.25) is 0 Å². The van der Waals surface area contributed by atoms with E-state index < -0.39 is 10.9 Å². The molecule has 0 amide bonds. The highest BCUT2D eigenvalue weighted by Gasteiger charge is 2.11. The fraction of sp³-hybridized carbons (Fsp3) is 0.273. The van der Waals surface area contributed by atoms with Gasteiger partial charge in [-0.3, -0.25) is 19.7 Å². The van der Waals surface area contributed by atoms with Gasteiger partial charge >= 0.3 is 5.97 Å². The normalized spacial score (nSPS) is 9.71. The summed E-state index contributed by atoms with van der Waals surface area (Å²) in [4.78, 5) is 32.1. The lowest BCUT2D eigenvalue weighted by molar-refractivity contribution is -0.384. The van der Waals surface area contributed by atoms with Crippen LogP contribution in [0.2, 0.25) is 0 Å². The monoisotopic (exact) mass is 237 g/mol. The molecule has 1 rings (SSSR count). The Kier molecular flexibility index (Phi) is 4.33. The predicted octanol–water partition coefficient (Wildman–Crippen LogP) is 1.27. The summed E-state index contributed by atoms with van der Waals surface area (Å²) in [7, 11) is 1.21. The first kappa shape index (κ1) is 12.8. The average Bonchev–Trinajstić information content (AvgIpc) is 2.29. The topological polar surface area (TPSA) is 86.5 Å². The van der Waals surface area contributed by atoms with Crippen LogP contribution in [0.3, 0.4) is 0 Å². The summed E-state index contributed by atoms with van der Waals surface area (Å²) in [5.74, 6) is -0.873. The number of nitro benzene ring substituents is 1. The highest BCUT2D eigenvalue weighted by molar-refractivity contribution is 5.96. The second-order valence-corrected chi connectivity index (χ2v) is 3.39. The first-order valence-corrected chi connectivity index (χ1v) is 4.84. The van der Waals surface area contributed by atoms with E-state index in [1.165, 1.54) is 31.4 Å². The maximum absolute atomic E-state index is 11.4. The standard InChI is InChI=1S/C11H11NO5/c1-17-11(14)7-10(13)6-8-2-4-9(5-3-8)12(15)16/h2-5H,6-7H2,1H3. The maximum Gasteiger partial charge on any atom is 0.313 e. The number of non-ortho nitro benzene ring substituents is 1. The van der Waals surface area contributed by atoms with E-state index in [0.717, 1.165) is 0 Å². The third-order valence-corrected chi connectivity index (χ3v) is 2.12. The number of nitro groups is 1. The van der Waals surface area contributed by atoms with Crippen LogP contribution >= 0.6 is 0 Å². The van der Waals surface area contributed by atoms with Crippen molar-refractivity contribution >= 4 is 17.4 Å². The van der Waals surface area contributed by atoms with Crippen LogP contribution in [-0.2, 0) is 20.7 Å². The Labute approximate surface area is 97.3 Å². The van der Waals surface area contributed by atoms with E-state index in [-0.39, 0.29) is 24.3 Å². The van der Waals surface area contributed by atoms with Crippen LogP contribution in [-0.4, -0.2) is 23.8 Å². The maximum atomic E-state index is 11.4.